The number of amides is 3. The van der Waals surface area contributed by atoms with Crippen LogP contribution in [0, 0.1) is 0 Å². The van der Waals surface area contributed by atoms with Crippen LogP contribution in [0.25, 0.3) is 10.1 Å². The van der Waals surface area contributed by atoms with Crippen LogP contribution in [-0.4, -0.2) is 78.2 Å². The smallest absolute Gasteiger partial charge is 0.363 e. The van der Waals surface area contributed by atoms with Gasteiger partial charge in [-0.2, -0.15) is 0 Å². The first-order valence-electron chi connectivity index (χ1n) is 15.3. The molecule has 2 aromatic heterocycles. The topological polar surface area (TPSA) is 169 Å². The molecular weight excluding hydrogens is 638 g/mol. The van der Waals surface area contributed by atoms with E-state index in [-0.39, 0.29) is 53.4 Å². The van der Waals surface area contributed by atoms with Crippen molar-refractivity contribution in [1.29, 1.82) is 0 Å². The number of fused-ring (bicyclic) bond motifs is 2. The highest BCUT2D eigenvalue weighted by Crippen LogP contribution is 2.53. The maximum atomic E-state index is 14.3. The minimum absolute atomic E-state index is 0.00727. The van der Waals surface area contributed by atoms with Crippen LogP contribution >= 0.6 is 18.9 Å². The normalized spacial score (nSPS) is 26.1. The summed E-state index contributed by atoms with van der Waals surface area (Å²) < 4.78 is 27.7. The predicted octanol–water partition coefficient (Wildman–Crippen LogP) is 2.90. The van der Waals surface area contributed by atoms with Crippen LogP contribution in [0.5, 0.6) is 0 Å². The van der Waals surface area contributed by atoms with E-state index in [1.165, 1.54) is 34.9 Å². The molecular formula is C31H36FN4O8PS. The highest BCUT2D eigenvalue weighted by molar-refractivity contribution is 7.51. The van der Waals surface area contributed by atoms with Crippen LogP contribution in [-0.2, 0) is 26.8 Å². The molecule has 15 heteroatoms. The zero-order chi connectivity index (χ0) is 33.0. The average Bonchev–Trinajstić information content (AvgIpc) is 3.74. The third kappa shape index (κ3) is 6.16. The zero-order valence-electron chi connectivity index (χ0n) is 25.2. The van der Waals surface area contributed by atoms with Crippen LogP contribution in [0.2, 0.25) is 0 Å². The average molecular weight is 675 g/mol. The zero-order valence-corrected chi connectivity index (χ0v) is 26.9. The van der Waals surface area contributed by atoms with Crippen LogP contribution in [0.15, 0.2) is 47.4 Å². The number of halogens is 1. The molecule has 3 aliphatic rings. The SMILES string of the molecule is Cn1ccc(C2(O)CCN(C(=O)[C@@H]3CC[C@@H]4CCCCC(NC(=O)c5cc6cc(C(F)P(=O)(O)O)ccc6s5)C(=O)N43)C2)cc1=O. The van der Waals surface area contributed by atoms with Gasteiger partial charge in [0.1, 0.15) is 17.7 Å². The lowest BCUT2D eigenvalue weighted by atomic mass is 9.94. The fraction of sp³-hybridized carbons (Fsp3) is 0.484. The number of aryl methyl sites for hydroxylation is 1. The Hall–Kier alpha value is -3.42. The van der Waals surface area contributed by atoms with Crippen molar-refractivity contribution in [2.45, 2.75) is 74.6 Å². The molecule has 3 saturated heterocycles. The van der Waals surface area contributed by atoms with Crippen LogP contribution in [0.4, 0.5) is 4.39 Å². The van der Waals surface area contributed by atoms with Crippen molar-refractivity contribution in [2.75, 3.05) is 13.1 Å². The van der Waals surface area contributed by atoms with E-state index in [9.17, 15) is 43.0 Å². The van der Waals surface area contributed by atoms with Gasteiger partial charge in [0.15, 0.2) is 0 Å². The number of nitrogens with one attached hydrogen (secondary N) is 1. The van der Waals surface area contributed by atoms with E-state index in [4.69, 9.17) is 0 Å². The number of benzene rings is 1. The maximum Gasteiger partial charge on any atom is 0.363 e. The van der Waals surface area contributed by atoms with Crippen molar-refractivity contribution in [2.24, 2.45) is 7.05 Å². The molecule has 0 spiro atoms. The standard InChI is InChI=1S/C31H36FN4O8PS/c1-34-12-10-20(16-26(34)37)31(41)11-13-35(17-31)30(40)23-8-7-21-4-2-3-5-22(29(39)36(21)23)33-28(38)25-15-19-14-18(6-9-24(19)46-25)27(32)45(42,43)44/h6,9-10,12,14-16,21-23,27,41H,2-5,7-8,11,13,17H2,1H3,(H,33,38)(H2,42,43,44)/t21-,22?,23-,27?,31?/m0/s1. The van der Waals surface area contributed by atoms with Crippen molar-refractivity contribution in [1.82, 2.24) is 19.7 Å². The van der Waals surface area contributed by atoms with Crippen molar-refractivity contribution in [3.8, 4) is 0 Å². The Morgan fingerprint density at radius 3 is 2.59 bits per heavy atom. The number of carbonyl (C=O) groups is 3. The van der Waals surface area contributed by atoms with Gasteiger partial charge in [-0.25, -0.2) is 4.39 Å². The van der Waals surface area contributed by atoms with Gasteiger partial charge < -0.3 is 34.6 Å². The first-order chi connectivity index (χ1) is 21.7. The molecule has 12 nitrogen and oxygen atoms in total. The minimum atomic E-state index is -5.00. The number of hydrogen-bond acceptors (Lipinski definition) is 7. The number of carbonyl (C=O) groups excluding carboxylic acids is 3. The Kier molecular flexibility index (Phi) is 8.70. The summed E-state index contributed by atoms with van der Waals surface area (Å²) in [5.74, 6) is -3.58. The summed E-state index contributed by atoms with van der Waals surface area (Å²) in [6, 6.07) is 6.88. The highest BCUT2D eigenvalue weighted by Gasteiger charge is 2.48. The molecule has 3 fully saturated rings. The second-order valence-corrected chi connectivity index (χ2v) is 15.3. The number of nitrogens with zero attached hydrogens (tertiary/aromatic N) is 3. The first-order valence-corrected chi connectivity index (χ1v) is 17.8. The summed E-state index contributed by atoms with van der Waals surface area (Å²) in [5.41, 5.74) is -1.38. The van der Waals surface area contributed by atoms with E-state index in [0.29, 0.717) is 41.3 Å². The van der Waals surface area contributed by atoms with E-state index in [2.05, 4.69) is 5.32 Å². The highest BCUT2D eigenvalue weighted by atomic mass is 32.1. The van der Waals surface area contributed by atoms with E-state index >= 15 is 0 Å². The van der Waals surface area contributed by atoms with Gasteiger partial charge in [-0.05, 0) is 72.9 Å². The number of pyridine rings is 1. The minimum Gasteiger partial charge on any atom is -0.383 e. The van der Waals surface area contributed by atoms with Gasteiger partial charge in [0.25, 0.3) is 11.5 Å². The van der Waals surface area contributed by atoms with Crippen LogP contribution in [0.3, 0.4) is 0 Å². The van der Waals surface area contributed by atoms with Gasteiger partial charge >= 0.3 is 7.60 Å². The molecule has 3 aliphatic heterocycles. The predicted molar refractivity (Wildman–Crippen MR) is 168 cm³/mol. The quantitative estimate of drug-likeness (QED) is 0.290. The molecule has 46 heavy (non-hydrogen) atoms. The summed E-state index contributed by atoms with van der Waals surface area (Å²) in [6.07, 6.45) is 5.64. The Balaban J connectivity index is 1.18. The maximum absolute atomic E-state index is 14.3. The van der Waals surface area contributed by atoms with E-state index in [1.807, 2.05) is 0 Å². The molecule has 1 aromatic carbocycles. The van der Waals surface area contributed by atoms with Gasteiger partial charge in [0.05, 0.1) is 11.4 Å². The summed E-state index contributed by atoms with van der Waals surface area (Å²) in [4.78, 5) is 75.3. The van der Waals surface area contributed by atoms with Gasteiger partial charge in [-0.1, -0.05) is 18.9 Å². The third-order valence-electron chi connectivity index (χ3n) is 9.46. The molecule has 0 radical (unpaired) electrons. The number of rotatable bonds is 6. The first kappa shape index (κ1) is 32.5. The number of aliphatic hydroxyl groups is 1. The van der Waals surface area contributed by atoms with Crippen molar-refractivity contribution < 1.29 is 38.2 Å². The number of likely N-dealkylation sites (tertiary alicyclic amines) is 1. The molecule has 3 unspecified atom stereocenters. The Labute approximate surface area is 268 Å². The molecule has 5 heterocycles. The summed E-state index contributed by atoms with van der Waals surface area (Å²) >= 11 is 1.11. The molecule has 4 N–H and O–H groups in total. The number of alkyl halides is 1. The van der Waals surface area contributed by atoms with E-state index < -0.39 is 37.1 Å². The number of β-amino-alcohol motifs (C(OH)–C–C–N with tert-alkyl or cyclic N) is 1. The van der Waals surface area contributed by atoms with Gasteiger partial charge in [-0.15, -0.1) is 11.3 Å². The second-order valence-electron chi connectivity index (χ2n) is 12.5. The molecule has 0 bridgehead atoms. The van der Waals surface area contributed by atoms with E-state index in [0.717, 1.165) is 24.2 Å². The fourth-order valence-electron chi connectivity index (χ4n) is 6.92. The van der Waals surface area contributed by atoms with Crippen molar-refractivity contribution in [3.63, 3.8) is 0 Å². The van der Waals surface area contributed by atoms with Crippen LogP contribution in [0.1, 0.15) is 71.7 Å². The fourth-order valence-corrected chi connectivity index (χ4v) is 8.41. The summed E-state index contributed by atoms with van der Waals surface area (Å²) in [7, 11) is -3.38. The largest absolute Gasteiger partial charge is 0.383 e. The lowest BCUT2D eigenvalue weighted by molar-refractivity contribution is -0.147. The van der Waals surface area contributed by atoms with Crippen molar-refractivity contribution in [3.05, 3.63) is 69.0 Å². The van der Waals surface area contributed by atoms with Gasteiger partial charge in [0, 0.05) is 36.6 Å². The number of hydrogen-bond donors (Lipinski definition) is 4. The number of thiophene rings is 1. The van der Waals surface area contributed by atoms with E-state index in [1.54, 1.807) is 29.1 Å². The summed E-state index contributed by atoms with van der Waals surface area (Å²) in [6.45, 7) is 0.284. The van der Waals surface area contributed by atoms with Crippen LogP contribution < -0.4 is 10.9 Å². The van der Waals surface area contributed by atoms with Gasteiger partial charge in [0.2, 0.25) is 17.7 Å². The Morgan fingerprint density at radius 2 is 1.85 bits per heavy atom. The summed E-state index contributed by atoms with van der Waals surface area (Å²) in [5, 5.41) is 14.7. The molecule has 246 valence electrons. The molecule has 6 rings (SSSR count). The second kappa shape index (κ2) is 12.3. The third-order valence-corrected chi connectivity index (χ3v) is 11.5. The molecule has 3 amide bonds. The lowest BCUT2D eigenvalue weighted by Gasteiger charge is -2.36. The molecule has 5 atom stereocenters. The molecule has 0 aliphatic carbocycles. The molecule has 3 aromatic rings. The van der Waals surface area contributed by atoms with Gasteiger partial charge in [-0.3, -0.25) is 23.7 Å². The van der Waals surface area contributed by atoms with Crippen molar-refractivity contribution >= 4 is 46.7 Å². The Morgan fingerprint density at radius 1 is 1.09 bits per heavy atom. The Bertz CT molecular complexity index is 1810. The molecule has 0 saturated carbocycles. The lowest BCUT2D eigenvalue weighted by Crippen LogP contribution is -2.56. The monoisotopic (exact) mass is 674 g/mol. The number of aromatic nitrogens is 1.